The summed E-state index contributed by atoms with van der Waals surface area (Å²) in [7, 11) is 1.65. The molecule has 1 aliphatic rings. The maximum atomic E-state index is 12.0. The highest BCUT2D eigenvalue weighted by Gasteiger charge is 2.25. The van der Waals surface area contributed by atoms with Crippen molar-refractivity contribution in [3.63, 3.8) is 0 Å². The van der Waals surface area contributed by atoms with Gasteiger partial charge < -0.3 is 19.7 Å². The highest BCUT2D eigenvalue weighted by Crippen LogP contribution is 2.23. The van der Waals surface area contributed by atoms with Crippen LogP contribution in [0.3, 0.4) is 0 Å². The molecule has 114 valence electrons. The van der Waals surface area contributed by atoms with Crippen LogP contribution >= 0.6 is 23.7 Å². The largest absolute Gasteiger partial charge is 0.383 e. The van der Waals surface area contributed by atoms with Crippen molar-refractivity contribution >= 4 is 29.7 Å². The molecular weight excluding hydrogens is 300 g/mol. The number of ether oxygens (including phenoxy) is 2. The van der Waals surface area contributed by atoms with Crippen molar-refractivity contribution in [1.82, 2.24) is 10.2 Å². The summed E-state index contributed by atoms with van der Waals surface area (Å²) in [6, 6.07) is 2.06. The number of halogens is 1. The number of carbonyl (C=O) groups excluding carboxylic acids is 1. The summed E-state index contributed by atoms with van der Waals surface area (Å²) in [4.78, 5) is 13.9. The topological polar surface area (TPSA) is 50.8 Å². The lowest BCUT2D eigenvalue weighted by atomic mass is 10.1. The van der Waals surface area contributed by atoms with E-state index in [0.29, 0.717) is 39.4 Å². The summed E-state index contributed by atoms with van der Waals surface area (Å²) in [6.45, 7) is 3.59. The predicted octanol–water partition coefficient (Wildman–Crippen LogP) is 1.31. The van der Waals surface area contributed by atoms with Gasteiger partial charge in [0.05, 0.1) is 26.3 Å². The van der Waals surface area contributed by atoms with Gasteiger partial charge in [-0.2, -0.15) is 11.3 Å². The molecule has 0 saturated carbocycles. The van der Waals surface area contributed by atoms with Crippen LogP contribution in [-0.4, -0.2) is 57.3 Å². The van der Waals surface area contributed by atoms with Gasteiger partial charge in [0.1, 0.15) is 6.10 Å². The lowest BCUT2D eigenvalue weighted by Crippen LogP contribution is -2.46. The summed E-state index contributed by atoms with van der Waals surface area (Å²) in [5, 5.41) is 7.19. The van der Waals surface area contributed by atoms with Gasteiger partial charge in [-0.1, -0.05) is 0 Å². The SMILES string of the molecule is COCCNCC(=O)N1CCOC(c2ccsc2)C1.Cl. The van der Waals surface area contributed by atoms with Gasteiger partial charge in [0, 0.05) is 20.2 Å². The Hall–Kier alpha value is -0.660. The van der Waals surface area contributed by atoms with Gasteiger partial charge in [-0.25, -0.2) is 0 Å². The summed E-state index contributed by atoms with van der Waals surface area (Å²) < 4.78 is 10.6. The molecule has 0 aliphatic carbocycles. The van der Waals surface area contributed by atoms with Crippen LogP contribution in [0, 0.1) is 0 Å². The van der Waals surface area contributed by atoms with Crippen LogP contribution in [0.5, 0.6) is 0 Å². The highest BCUT2D eigenvalue weighted by molar-refractivity contribution is 7.07. The molecule has 0 spiro atoms. The zero-order valence-electron chi connectivity index (χ0n) is 11.5. The number of amides is 1. The highest BCUT2D eigenvalue weighted by atomic mass is 35.5. The number of morpholine rings is 1. The minimum absolute atomic E-state index is 0. The lowest BCUT2D eigenvalue weighted by molar-refractivity contribution is -0.138. The van der Waals surface area contributed by atoms with Crippen molar-refractivity contribution in [2.45, 2.75) is 6.10 Å². The molecule has 1 unspecified atom stereocenters. The second-order valence-electron chi connectivity index (χ2n) is 4.43. The van der Waals surface area contributed by atoms with E-state index in [-0.39, 0.29) is 24.4 Å². The minimum Gasteiger partial charge on any atom is -0.383 e. The molecular formula is C13H21ClN2O3S. The fourth-order valence-electron chi connectivity index (χ4n) is 2.02. The fourth-order valence-corrected chi connectivity index (χ4v) is 2.72. The molecule has 1 saturated heterocycles. The zero-order chi connectivity index (χ0) is 13.5. The van der Waals surface area contributed by atoms with E-state index in [2.05, 4.69) is 16.8 Å². The molecule has 7 heteroatoms. The molecule has 0 aromatic carbocycles. The Bertz CT molecular complexity index is 389. The van der Waals surface area contributed by atoms with Gasteiger partial charge in [-0.3, -0.25) is 4.79 Å². The van der Waals surface area contributed by atoms with Gasteiger partial charge >= 0.3 is 0 Å². The first-order valence-electron chi connectivity index (χ1n) is 6.42. The maximum absolute atomic E-state index is 12.0. The van der Waals surface area contributed by atoms with E-state index in [1.165, 1.54) is 0 Å². The Morgan fingerprint density at radius 3 is 3.20 bits per heavy atom. The van der Waals surface area contributed by atoms with E-state index in [0.717, 1.165) is 5.56 Å². The zero-order valence-corrected chi connectivity index (χ0v) is 13.2. The lowest BCUT2D eigenvalue weighted by Gasteiger charge is -2.32. The van der Waals surface area contributed by atoms with Crippen molar-refractivity contribution in [2.75, 3.05) is 46.5 Å². The number of nitrogens with zero attached hydrogens (tertiary/aromatic N) is 1. The predicted molar refractivity (Wildman–Crippen MR) is 81.6 cm³/mol. The fraction of sp³-hybridized carbons (Fsp3) is 0.615. The van der Waals surface area contributed by atoms with E-state index in [9.17, 15) is 4.79 Å². The first-order valence-corrected chi connectivity index (χ1v) is 7.36. The normalized spacial score (nSPS) is 18.6. The molecule has 1 aromatic heterocycles. The molecule has 2 rings (SSSR count). The van der Waals surface area contributed by atoms with E-state index in [4.69, 9.17) is 9.47 Å². The molecule has 5 nitrogen and oxygen atoms in total. The van der Waals surface area contributed by atoms with Crippen LogP contribution in [0.4, 0.5) is 0 Å². The van der Waals surface area contributed by atoms with Crippen molar-refractivity contribution in [3.8, 4) is 0 Å². The molecule has 1 atom stereocenters. The van der Waals surface area contributed by atoms with Crippen molar-refractivity contribution in [2.24, 2.45) is 0 Å². The monoisotopic (exact) mass is 320 g/mol. The number of carbonyl (C=O) groups is 1. The second-order valence-corrected chi connectivity index (χ2v) is 5.21. The van der Waals surface area contributed by atoms with Gasteiger partial charge in [-0.05, 0) is 22.4 Å². The summed E-state index contributed by atoms with van der Waals surface area (Å²) >= 11 is 1.65. The Morgan fingerprint density at radius 1 is 1.65 bits per heavy atom. The van der Waals surface area contributed by atoms with Crippen LogP contribution < -0.4 is 5.32 Å². The van der Waals surface area contributed by atoms with Crippen LogP contribution in [0.25, 0.3) is 0 Å². The molecule has 1 N–H and O–H groups in total. The van der Waals surface area contributed by atoms with Crippen LogP contribution in [-0.2, 0) is 14.3 Å². The van der Waals surface area contributed by atoms with Crippen molar-refractivity contribution in [1.29, 1.82) is 0 Å². The first-order chi connectivity index (χ1) is 9.31. The van der Waals surface area contributed by atoms with Crippen molar-refractivity contribution < 1.29 is 14.3 Å². The number of nitrogens with one attached hydrogen (secondary N) is 1. The number of methoxy groups -OCH3 is 1. The van der Waals surface area contributed by atoms with Crippen LogP contribution in [0.15, 0.2) is 16.8 Å². The van der Waals surface area contributed by atoms with Gasteiger partial charge in [0.25, 0.3) is 0 Å². The van der Waals surface area contributed by atoms with Gasteiger partial charge in [-0.15, -0.1) is 12.4 Å². The number of hydrogen-bond acceptors (Lipinski definition) is 5. The standard InChI is InChI=1S/C13H20N2O3S.ClH/c1-17-5-3-14-8-13(16)15-4-6-18-12(9-15)11-2-7-19-10-11;/h2,7,10,12,14H,3-6,8-9H2,1H3;1H. The first kappa shape index (κ1) is 17.4. The summed E-state index contributed by atoms with van der Waals surface area (Å²) in [6.07, 6.45) is 0.0166. The molecule has 1 fully saturated rings. The van der Waals surface area contributed by atoms with E-state index in [1.807, 2.05) is 10.3 Å². The summed E-state index contributed by atoms with van der Waals surface area (Å²) in [5.41, 5.74) is 1.16. The Labute approximate surface area is 129 Å². The van der Waals surface area contributed by atoms with Gasteiger partial charge in [0.2, 0.25) is 5.91 Å². The molecule has 1 aromatic rings. The Kier molecular flexibility index (Phi) is 8.09. The number of thiophene rings is 1. The van der Waals surface area contributed by atoms with E-state index >= 15 is 0 Å². The van der Waals surface area contributed by atoms with Crippen LogP contribution in [0.1, 0.15) is 11.7 Å². The van der Waals surface area contributed by atoms with Crippen molar-refractivity contribution in [3.05, 3.63) is 22.4 Å². The molecule has 0 bridgehead atoms. The van der Waals surface area contributed by atoms with E-state index < -0.39 is 0 Å². The average molecular weight is 321 g/mol. The quantitative estimate of drug-likeness (QED) is 0.803. The second kappa shape index (κ2) is 9.31. The minimum atomic E-state index is 0. The third kappa shape index (κ3) is 5.03. The Morgan fingerprint density at radius 2 is 2.50 bits per heavy atom. The molecule has 0 radical (unpaired) electrons. The Balaban J connectivity index is 0.00000200. The number of rotatable bonds is 6. The van der Waals surface area contributed by atoms with Gasteiger partial charge in [0.15, 0.2) is 0 Å². The van der Waals surface area contributed by atoms with E-state index in [1.54, 1.807) is 18.4 Å². The third-order valence-electron chi connectivity index (χ3n) is 3.09. The molecule has 20 heavy (non-hydrogen) atoms. The summed E-state index contributed by atoms with van der Waals surface area (Å²) in [5.74, 6) is 0.125. The molecule has 1 aliphatic heterocycles. The smallest absolute Gasteiger partial charge is 0.236 e. The number of hydrogen-bond donors (Lipinski definition) is 1. The van der Waals surface area contributed by atoms with Crippen LogP contribution in [0.2, 0.25) is 0 Å². The maximum Gasteiger partial charge on any atom is 0.236 e. The average Bonchev–Trinajstić information content (AvgIpc) is 2.98. The molecule has 1 amide bonds. The molecule has 2 heterocycles. The third-order valence-corrected chi connectivity index (χ3v) is 3.79.